The standard InChI is InChI=1S/C14H23N3S/c1-11-10-18-14(15-11)9-17-8-13-5-3-4-6-16(13)7-12(17)2/h10,12-13H,3-9H2,1-2H3. The van der Waals surface area contributed by atoms with E-state index in [0.717, 1.165) is 12.6 Å². The first-order valence-electron chi connectivity index (χ1n) is 7.11. The Kier molecular flexibility index (Phi) is 3.68. The molecule has 0 saturated carbocycles. The lowest BCUT2D eigenvalue weighted by Crippen LogP contribution is -2.58. The van der Waals surface area contributed by atoms with Crippen molar-refractivity contribution in [1.29, 1.82) is 0 Å². The number of piperidine rings is 1. The van der Waals surface area contributed by atoms with Crippen LogP contribution in [-0.2, 0) is 6.54 Å². The molecular formula is C14H23N3S. The van der Waals surface area contributed by atoms with Gasteiger partial charge in [-0.05, 0) is 33.2 Å². The molecule has 2 unspecified atom stereocenters. The summed E-state index contributed by atoms with van der Waals surface area (Å²) in [5.41, 5.74) is 1.17. The summed E-state index contributed by atoms with van der Waals surface area (Å²) in [6.07, 6.45) is 4.20. The first-order chi connectivity index (χ1) is 8.72. The Morgan fingerprint density at radius 3 is 3.06 bits per heavy atom. The van der Waals surface area contributed by atoms with Gasteiger partial charge in [0.05, 0.1) is 6.54 Å². The number of rotatable bonds is 2. The van der Waals surface area contributed by atoms with Gasteiger partial charge in [0.2, 0.25) is 0 Å². The minimum absolute atomic E-state index is 0.670. The zero-order valence-corrected chi connectivity index (χ0v) is 12.2. The average molecular weight is 265 g/mol. The van der Waals surface area contributed by atoms with E-state index in [1.807, 2.05) is 11.3 Å². The van der Waals surface area contributed by atoms with E-state index >= 15 is 0 Å². The molecule has 0 radical (unpaired) electrons. The van der Waals surface area contributed by atoms with Crippen LogP contribution in [0.5, 0.6) is 0 Å². The Balaban J connectivity index is 1.65. The van der Waals surface area contributed by atoms with Gasteiger partial charge in [-0.3, -0.25) is 9.80 Å². The molecule has 0 N–H and O–H groups in total. The normalized spacial score (nSPS) is 30.3. The molecule has 2 fully saturated rings. The molecule has 0 aliphatic carbocycles. The Bertz CT molecular complexity index is 403. The summed E-state index contributed by atoms with van der Waals surface area (Å²) in [4.78, 5) is 9.94. The van der Waals surface area contributed by atoms with Gasteiger partial charge < -0.3 is 0 Å². The number of fused-ring (bicyclic) bond motifs is 1. The summed E-state index contributed by atoms with van der Waals surface area (Å²) in [7, 11) is 0. The fourth-order valence-corrected chi connectivity index (χ4v) is 4.08. The van der Waals surface area contributed by atoms with Gasteiger partial charge in [-0.2, -0.15) is 0 Å². The number of piperazine rings is 1. The monoisotopic (exact) mass is 265 g/mol. The molecule has 2 atom stereocenters. The maximum Gasteiger partial charge on any atom is 0.107 e. The van der Waals surface area contributed by atoms with Crippen LogP contribution in [0.15, 0.2) is 5.38 Å². The predicted molar refractivity (Wildman–Crippen MR) is 75.9 cm³/mol. The molecule has 2 aliphatic heterocycles. The van der Waals surface area contributed by atoms with Crippen molar-refractivity contribution in [2.75, 3.05) is 19.6 Å². The van der Waals surface area contributed by atoms with Crippen molar-refractivity contribution in [3.63, 3.8) is 0 Å². The van der Waals surface area contributed by atoms with Crippen LogP contribution in [0, 0.1) is 6.92 Å². The minimum Gasteiger partial charge on any atom is -0.298 e. The van der Waals surface area contributed by atoms with Crippen LogP contribution >= 0.6 is 11.3 Å². The largest absolute Gasteiger partial charge is 0.298 e. The summed E-state index contributed by atoms with van der Waals surface area (Å²) in [5.74, 6) is 0. The topological polar surface area (TPSA) is 19.4 Å². The van der Waals surface area contributed by atoms with Crippen LogP contribution in [0.2, 0.25) is 0 Å². The quantitative estimate of drug-likeness (QED) is 0.819. The second-order valence-corrected chi connectivity index (χ2v) is 6.75. The van der Waals surface area contributed by atoms with Gasteiger partial charge in [0.15, 0.2) is 0 Å². The molecule has 2 saturated heterocycles. The zero-order chi connectivity index (χ0) is 12.5. The van der Waals surface area contributed by atoms with Crippen LogP contribution in [-0.4, -0.2) is 46.5 Å². The van der Waals surface area contributed by atoms with E-state index in [1.165, 1.54) is 49.6 Å². The maximum absolute atomic E-state index is 4.61. The van der Waals surface area contributed by atoms with Gasteiger partial charge in [-0.25, -0.2) is 4.98 Å². The second kappa shape index (κ2) is 5.27. The third-order valence-corrected chi connectivity index (χ3v) is 5.27. The molecule has 100 valence electrons. The SMILES string of the molecule is Cc1csc(CN2CC3CCCCN3CC2C)n1. The number of aryl methyl sites for hydroxylation is 1. The fourth-order valence-electron chi connectivity index (χ4n) is 3.28. The van der Waals surface area contributed by atoms with Gasteiger partial charge in [0, 0.05) is 36.2 Å². The predicted octanol–water partition coefficient (Wildman–Crippen LogP) is 2.51. The molecule has 0 amide bonds. The molecule has 3 nitrogen and oxygen atoms in total. The van der Waals surface area contributed by atoms with E-state index in [2.05, 4.69) is 34.0 Å². The number of aromatic nitrogens is 1. The highest BCUT2D eigenvalue weighted by molar-refractivity contribution is 7.09. The Hall–Kier alpha value is -0.450. The van der Waals surface area contributed by atoms with Crippen LogP contribution in [0.25, 0.3) is 0 Å². The Morgan fingerprint density at radius 1 is 1.39 bits per heavy atom. The third-order valence-electron chi connectivity index (χ3n) is 4.32. The summed E-state index contributed by atoms with van der Waals surface area (Å²) in [5, 5.41) is 3.44. The van der Waals surface area contributed by atoms with Gasteiger partial charge in [-0.15, -0.1) is 11.3 Å². The molecule has 3 rings (SSSR count). The van der Waals surface area contributed by atoms with Crippen molar-refractivity contribution in [1.82, 2.24) is 14.8 Å². The highest BCUT2D eigenvalue weighted by Crippen LogP contribution is 2.25. The van der Waals surface area contributed by atoms with Crippen molar-refractivity contribution < 1.29 is 0 Å². The van der Waals surface area contributed by atoms with E-state index < -0.39 is 0 Å². The first-order valence-corrected chi connectivity index (χ1v) is 7.99. The van der Waals surface area contributed by atoms with Crippen LogP contribution < -0.4 is 0 Å². The van der Waals surface area contributed by atoms with E-state index in [4.69, 9.17) is 0 Å². The lowest BCUT2D eigenvalue weighted by atomic mass is 9.97. The highest BCUT2D eigenvalue weighted by atomic mass is 32.1. The molecule has 0 bridgehead atoms. The summed E-state index contributed by atoms with van der Waals surface area (Å²) in [6, 6.07) is 1.47. The maximum atomic E-state index is 4.61. The molecule has 1 aromatic rings. The molecule has 4 heteroatoms. The lowest BCUT2D eigenvalue weighted by Gasteiger charge is -2.47. The van der Waals surface area contributed by atoms with Crippen LogP contribution in [0.3, 0.4) is 0 Å². The molecule has 1 aromatic heterocycles. The zero-order valence-electron chi connectivity index (χ0n) is 11.4. The van der Waals surface area contributed by atoms with Gasteiger partial charge >= 0.3 is 0 Å². The van der Waals surface area contributed by atoms with E-state index in [1.54, 1.807) is 0 Å². The highest BCUT2D eigenvalue weighted by Gasteiger charge is 2.32. The Morgan fingerprint density at radius 2 is 2.28 bits per heavy atom. The van der Waals surface area contributed by atoms with Gasteiger partial charge in [0.25, 0.3) is 0 Å². The third kappa shape index (κ3) is 2.60. The first kappa shape index (κ1) is 12.6. The summed E-state index contributed by atoms with van der Waals surface area (Å²) >= 11 is 1.81. The fraction of sp³-hybridized carbons (Fsp3) is 0.786. The van der Waals surface area contributed by atoms with Crippen molar-refractivity contribution >= 4 is 11.3 Å². The number of nitrogens with zero attached hydrogens (tertiary/aromatic N) is 3. The average Bonchev–Trinajstić information content (AvgIpc) is 2.76. The molecular weight excluding hydrogens is 242 g/mol. The van der Waals surface area contributed by atoms with Crippen LogP contribution in [0.4, 0.5) is 0 Å². The summed E-state index contributed by atoms with van der Waals surface area (Å²) < 4.78 is 0. The molecule has 18 heavy (non-hydrogen) atoms. The molecule has 0 aromatic carbocycles. The van der Waals surface area contributed by atoms with Crippen molar-refractivity contribution in [2.45, 2.75) is 51.7 Å². The number of hydrogen-bond acceptors (Lipinski definition) is 4. The van der Waals surface area contributed by atoms with Crippen molar-refractivity contribution in [3.05, 3.63) is 16.1 Å². The van der Waals surface area contributed by atoms with E-state index in [-0.39, 0.29) is 0 Å². The molecule has 3 heterocycles. The second-order valence-electron chi connectivity index (χ2n) is 5.81. The summed E-state index contributed by atoms with van der Waals surface area (Å²) in [6.45, 7) is 9.30. The van der Waals surface area contributed by atoms with Crippen molar-refractivity contribution in [2.24, 2.45) is 0 Å². The lowest BCUT2D eigenvalue weighted by molar-refractivity contribution is 0.0110. The minimum atomic E-state index is 0.670. The van der Waals surface area contributed by atoms with E-state index in [9.17, 15) is 0 Å². The molecule has 0 spiro atoms. The van der Waals surface area contributed by atoms with E-state index in [0.29, 0.717) is 6.04 Å². The number of thiazole rings is 1. The van der Waals surface area contributed by atoms with Gasteiger partial charge in [0.1, 0.15) is 5.01 Å². The smallest absolute Gasteiger partial charge is 0.107 e. The Labute approximate surface area is 114 Å². The number of hydrogen-bond donors (Lipinski definition) is 0. The van der Waals surface area contributed by atoms with Gasteiger partial charge in [-0.1, -0.05) is 6.42 Å². The van der Waals surface area contributed by atoms with Crippen LogP contribution in [0.1, 0.15) is 36.9 Å². The molecule has 2 aliphatic rings. The van der Waals surface area contributed by atoms with Crippen molar-refractivity contribution in [3.8, 4) is 0 Å².